The molecule has 1 heterocycles. The lowest BCUT2D eigenvalue weighted by Crippen LogP contribution is -2.12. The summed E-state index contributed by atoms with van der Waals surface area (Å²) in [7, 11) is 1.47. The molecule has 0 atom stereocenters. The Balaban J connectivity index is 2.29. The van der Waals surface area contributed by atoms with E-state index in [-0.39, 0.29) is 23.8 Å². The fourth-order valence-electron chi connectivity index (χ4n) is 1.55. The summed E-state index contributed by atoms with van der Waals surface area (Å²) in [5, 5.41) is 2.62. The van der Waals surface area contributed by atoms with Crippen LogP contribution in [0.1, 0.15) is 5.69 Å². The number of hydrogen-bond donors (Lipinski definition) is 2. The van der Waals surface area contributed by atoms with E-state index >= 15 is 0 Å². The standard InChI is InChI=1S/C12H11F2N3O2/c1-19-6-10-5-11(18)17-12(16-10)15-9-3-7(13)2-8(14)4-9/h2-5H,6H2,1H3,(H2,15,16,17,18). The van der Waals surface area contributed by atoms with Crippen molar-refractivity contribution in [2.75, 3.05) is 12.4 Å². The highest BCUT2D eigenvalue weighted by atomic mass is 19.1. The van der Waals surface area contributed by atoms with Crippen molar-refractivity contribution < 1.29 is 13.5 Å². The molecule has 0 saturated carbocycles. The van der Waals surface area contributed by atoms with Gasteiger partial charge in [0.15, 0.2) is 0 Å². The molecule has 0 spiro atoms. The normalized spacial score (nSPS) is 10.5. The largest absolute Gasteiger partial charge is 0.378 e. The Kier molecular flexibility index (Phi) is 3.86. The Morgan fingerprint density at radius 1 is 1.26 bits per heavy atom. The van der Waals surface area contributed by atoms with E-state index in [1.54, 1.807) is 0 Å². The number of H-pyrrole nitrogens is 1. The highest BCUT2D eigenvalue weighted by Crippen LogP contribution is 2.16. The van der Waals surface area contributed by atoms with Crippen molar-refractivity contribution in [3.05, 3.63) is 51.9 Å². The molecule has 0 aliphatic heterocycles. The molecule has 0 aliphatic rings. The number of ether oxygens (including phenoxy) is 1. The summed E-state index contributed by atoms with van der Waals surface area (Å²) in [6.45, 7) is 0.163. The fourth-order valence-corrected chi connectivity index (χ4v) is 1.55. The number of rotatable bonds is 4. The molecule has 0 fully saturated rings. The lowest BCUT2D eigenvalue weighted by molar-refractivity contribution is 0.181. The maximum Gasteiger partial charge on any atom is 0.252 e. The third kappa shape index (κ3) is 3.59. The van der Waals surface area contributed by atoms with Gasteiger partial charge in [0.05, 0.1) is 12.3 Å². The first-order valence-corrected chi connectivity index (χ1v) is 5.39. The average molecular weight is 267 g/mol. The lowest BCUT2D eigenvalue weighted by atomic mass is 10.3. The molecule has 0 saturated heterocycles. The van der Waals surface area contributed by atoms with Gasteiger partial charge in [0.1, 0.15) is 11.6 Å². The predicted molar refractivity (Wildman–Crippen MR) is 65.2 cm³/mol. The molecule has 2 N–H and O–H groups in total. The molecule has 0 aliphatic carbocycles. The van der Waals surface area contributed by atoms with Gasteiger partial charge in [-0.25, -0.2) is 13.8 Å². The maximum absolute atomic E-state index is 13.0. The van der Waals surface area contributed by atoms with Gasteiger partial charge in [0.2, 0.25) is 5.95 Å². The molecule has 0 bridgehead atoms. The molecular weight excluding hydrogens is 256 g/mol. The van der Waals surface area contributed by atoms with Crippen LogP contribution in [0.5, 0.6) is 0 Å². The zero-order valence-electron chi connectivity index (χ0n) is 10.0. The number of nitrogens with one attached hydrogen (secondary N) is 2. The van der Waals surface area contributed by atoms with Crippen LogP contribution in [0.25, 0.3) is 0 Å². The van der Waals surface area contributed by atoms with Crippen molar-refractivity contribution in [1.82, 2.24) is 9.97 Å². The molecule has 7 heteroatoms. The number of halogens is 2. The summed E-state index contributed by atoms with van der Waals surface area (Å²) in [6, 6.07) is 4.21. The molecule has 2 aromatic rings. The number of anilines is 2. The van der Waals surface area contributed by atoms with Crippen LogP contribution in [0.3, 0.4) is 0 Å². The van der Waals surface area contributed by atoms with Crippen molar-refractivity contribution in [1.29, 1.82) is 0 Å². The molecular formula is C12H11F2N3O2. The van der Waals surface area contributed by atoms with Crippen LogP contribution in [0.2, 0.25) is 0 Å². The molecule has 0 amide bonds. The summed E-state index contributed by atoms with van der Waals surface area (Å²) >= 11 is 0. The van der Waals surface area contributed by atoms with Crippen LogP contribution in [0.15, 0.2) is 29.1 Å². The number of benzene rings is 1. The number of aromatic amines is 1. The quantitative estimate of drug-likeness (QED) is 0.888. The van der Waals surface area contributed by atoms with E-state index in [0.717, 1.165) is 18.2 Å². The van der Waals surface area contributed by atoms with Crippen LogP contribution in [0, 0.1) is 11.6 Å². The topological polar surface area (TPSA) is 67.0 Å². The first-order chi connectivity index (χ1) is 9.06. The molecule has 0 radical (unpaired) electrons. The lowest BCUT2D eigenvalue weighted by Gasteiger charge is -2.07. The van der Waals surface area contributed by atoms with E-state index < -0.39 is 11.6 Å². The van der Waals surface area contributed by atoms with Crippen LogP contribution in [-0.2, 0) is 11.3 Å². The van der Waals surface area contributed by atoms with Crippen molar-refractivity contribution in [2.45, 2.75) is 6.61 Å². The number of nitrogens with zero attached hydrogens (tertiary/aromatic N) is 1. The molecule has 2 rings (SSSR count). The van der Waals surface area contributed by atoms with E-state index in [1.807, 2.05) is 0 Å². The average Bonchev–Trinajstić information content (AvgIpc) is 2.26. The molecule has 100 valence electrons. The minimum absolute atomic E-state index is 0.0875. The Morgan fingerprint density at radius 2 is 1.95 bits per heavy atom. The molecule has 1 aromatic carbocycles. The van der Waals surface area contributed by atoms with Crippen LogP contribution in [0.4, 0.5) is 20.4 Å². The Hall–Kier alpha value is -2.28. The van der Waals surface area contributed by atoms with Crippen molar-refractivity contribution in [3.8, 4) is 0 Å². The molecule has 0 unspecified atom stereocenters. The first-order valence-electron chi connectivity index (χ1n) is 5.39. The van der Waals surface area contributed by atoms with Gasteiger partial charge in [0.25, 0.3) is 5.56 Å². The van der Waals surface area contributed by atoms with Gasteiger partial charge >= 0.3 is 0 Å². The van der Waals surface area contributed by atoms with Gasteiger partial charge in [-0.1, -0.05) is 0 Å². The van der Waals surface area contributed by atoms with Gasteiger partial charge in [-0.05, 0) is 12.1 Å². The van der Waals surface area contributed by atoms with Gasteiger partial charge in [-0.15, -0.1) is 0 Å². The third-order valence-corrected chi connectivity index (χ3v) is 2.21. The summed E-state index contributed by atoms with van der Waals surface area (Å²) < 4.78 is 30.9. The number of aromatic nitrogens is 2. The van der Waals surface area contributed by atoms with Crippen molar-refractivity contribution >= 4 is 11.6 Å². The van der Waals surface area contributed by atoms with Crippen LogP contribution < -0.4 is 10.9 Å². The maximum atomic E-state index is 13.0. The van der Waals surface area contributed by atoms with Crippen molar-refractivity contribution in [2.24, 2.45) is 0 Å². The van der Waals surface area contributed by atoms with Gasteiger partial charge in [-0.3, -0.25) is 9.78 Å². The van der Waals surface area contributed by atoms with Gasteiger partial charge in [-0.2, -0.15) is 0 Å². The third-order valence-electron chi connectivity index (χ3n) is 2.21. The summed E-state index contributed by atoms with van der Waals surface area (Å²) in [4.78, 5) is 17.8. The summed E-state index contributed by atoms with van der Waals surface area (Å²) in [5.74, 6) is -1.36. The zero-order chi connectivity index (χ0) is 13.8. The highest BCUT2D eigenvalue weighted by Gasteiger charge is 2.04. The Morgan fingerprint density at radius 3 is 2.58 bits per heavy atom. The molecule has 5 nitrogen and oxygen atoms in total. The second-order valence-corrected chi connectivity index (χ2v) is 3.80. The number of hydrogen-bond acceptors (Lipinski definition) is 4. The SMILES string of the molecule is COCc1cc(=O)[nH]c(Nc2cc(F)cc(F)c2)n1. The van der Waals surface area contributed by atoms with Crippen molar-refractivity contribution in [3.63, 3.8) is 0 Å². The van der Waals surface area contributed by atoms with Crippen LogP contribution >= 0.6 is 0 Å². The summed E-state index contributed by atoms with van der Waals surface area (Å²) in [5.41, 5.74) is 0.169. The first kappa shape index (κ1) is 13.2. The molecule has 19 heavy (non-hydrogen) atoms. The predicted octanol–water partition coefficient (Wildman–Crippen LogP) is 1.94. The highest BCUT2D eigenvalue weighted by molar-refractivity contribution is 5.53. The second kappa shape index (κ2) is 5.57. The van der Waals surface area contributed by atoms with Gasteiger partial charge < -0.3 is 10.1 Å². The zero-order valence-corrected chi connectivity index (χ0v) is 10.0. The number of methoxy groups -OCH3 is 1. The second-order valence-electron chi connectivity index (χ2n) is 3.80. The minimum Gasteiger partial charge on any atom is -0.378 e. The smallest absolute Gasteiger partial charge is 0.252 e. The van der Waals surface area contributed by atoms with E-state index in [0.29, 0.717) is 5.69 Å². The molecule has 1 aromatic heterocycles. The fraction of sp³-hybridized carbons (Fsp3) is 0.167. The van der Waals surface area contributed by atoms with Gasteiger partial charge in [0, 0.05) is 24.9 Å². The Bertz CT molecular complexity index is 623. The monoisotopic (exact) mass is 267 g/mol. The van der Waals surface area contributed by atoms with E-state index in [1.165, 1.54) is 13.2 Å². The summed E-state index contributed by atoms with van der Waals surface area (Å²) in [6.07, 6.45) is 0. The Labute approximate surface area is 107 Å². The van der Waals surface area contributed by atoms with E-state index in [2.05, 4.69) is 15.3 Å². The van der Waals surface area contributed by atoms with Crippen LogP contribution in [-0.4, -0.2) is 17.1 Å². The minimum atomic E-state index is -0.724. The van der Waals surface area contributed by atoms with E-state index in [4.69, 9.17) is 4.74 Å². The van der Waals surface area contributed by atoms with E-state index in [9.17, 15) is 13.6 Å².